The summed E-state index contributed by atoms with van der Waals surface area (Å²) in [6.45, 7) is 4.37. The minimum absolute atomic E-state index is 0.142. The molecule has 2 fully saturated rings. The van der Waals surface area contributed by atoms with Crippen LogP contribution < -0.4 is 0 Å². The molecule has 3 atom stereocenters. The van der Waals surface area contributed by atoms with Gasteiger partial charge in [0.05, 0.1) is 23.7 Å². The van der Waals surface area contributed by atoms with E-state index in [0.29, 0.717) is 12.0 Å². The first kappa shape index (κ1) is 9.02. The van der Waals surface area contributed by atoms with Crippen molar-refractivity contribution in [3.63, 3.8) is 0 Å². The summed E-state index contributed by atoms with van der Waals surface area (Å²) in [6, 6.07) is 2.52. The monoisotopic (exact) mass is 179 g/mol. The molecule has 2 saturated heterocycles. The Morgan fingerprint density at radius 1 is 1.54 bits per heavy atom. The molecule has 0 amide bonds. The molecule has 0 aromatic heterocycles. The number of ether oxygens (including phenoxy) is 1. The van der Waals surface area contributed by atoms with Gasteiger partial charge in [-0.05, 0) is 31.6 Å². The molecule has 0 aromatic rings. The van der Waals surface area contributed by atoms with Crippen molar-refractivity contribution in [2.24, 2.45) is 11.3 Å². The SMILES string of the molecule is CC(C)CC1(C#N)CC2CCC1O2. The molecule has 2 heteroatoms. The summed E-state index contributed by atoms with van der Waals surface area (Å²) in [5, 5.41) is 9.26. The third-order valence-corrected chi connectivity index (χ3v) is 3.31. The zero-order valence-electron chi connectivity index (χ0n) is 8.42. The molecule has 2 bridgehead atoms. The standard InChI is InChI=1S/C11H17NO/c1-8(2)5-11(7-12)6-9-3-4-10(11)13-9/h8-10H,3-6H2,1-2H3. The third kappa shape index (κ3) is 1.36. The fourth-order valence-corrected chi connectivity index (χ4v) is 2.91. The number of hydrogen-bond donors (Lipinski definition) is 0. The van der Waals surface area contributed by atoms with Crippen LogP contribution in [-0.2, 0) is 4.74 Å². The molecule has 2 aliphatic heterocycles. The highest BCUT2D eigenvalue weighted by Crippen LogP contribution is 2.50. The van der Waals surface area contributed by atoms with Crippen LogP contribution in [0.5, 0.6) is 0 Å². The summed E-state index contributed by atoms with van der Waals surface area (Å²) in [6.07, 6.45) is 4.89. The number of fused-ring (bicyclic) bond motifs is 2. The third-order valence-electron chi connectivity index (χ3n) is 3.31. The highest BCUT2D eigenvalue weighted by molar-refractivity contribution is 5.12. The predicted octanol–water partition coefficient (Wildman–Crippen LogP) is 2.49. The fraction of sp³-hybridized carbons (Fsp3) is 0.909. The van der Waals surface area contributed by atoms with E-state index in [1.807, 2.05) is 0 Å². The van der Waals surface area contributed by atoms with Gasteiger partial charge in [0, 0.05) is 0 Å². The summed E-state index contributed by atoms with van der Waals surface area (Å²) in [5.41, 5.74) is -0.142. The van der Waals surface area contributed by atoms with Crippen LogP contribution in [0.2, 0.25) is 0 Å². The van der Waals surface area contributed by atoms with E-state index in [1.165, 1.54) is 6.42 Å². The maximum absolute atomic E-state index is 9.26. The van der Waals surface area contributed by atoms with Crippen LogP contribution in [0.3, 0.4) is 0 Å². The van der Waals surface area contributed by atoms with Gasteiger partial charge in [0.15, 0.2) is 0 Å². The molecular weight excluding hydrogens is 162 g/mol. The molecule has 0 N–H and O–H groups in total. The van der Waals surface area contributed by atoms with Gasteiger partial charge in [-0.3, -0.25) is 0 Å². The molecule has 13 heavy (non-hydrogen) atoms. The minimum Gasteiger partial charge on any atom is -0.373 e. The van der Waals surface area contributed by atoms with Crippen molar-refractivity contribution in [3.05, 3.63) is 0 Å². The smallest absolute Gasteiger partial charge is 0.0862 e. The van der Waals surface area contributed by atoms with Gasteiger partial charge < -0.3 is 4.74 Å². The summed E-state index contributed by atoms with van der Waals surface area (Å²) in [5.74, 6) is 0.600. The Bertz CT molecular complexity index is 243. The fourth-order valence-electron chi connectivity index (χ4n) is 2.91. The summed E-state index contributed by atoms with van der Waals surface area (Å²) < 4.78 is 5.76. The molecule has 72 valence electrons. The van der Waals surface area contributed by atoms with Crippen molar-refractivity contribution in [1.82, 2.24) is 0 Å². The van der Waals surface area contributed by atoms with E-state index in [9.17, 15) is 5.26 Å². The van der Waals surface area contributed by atoms with Gasteiger partial charge in [-0.15, -0.1) is 0 Å². The second-order valence-electron chi connectivity index (χ2n) is 4.89. The molecule has 2 nitrogen and oxygen atoms in total. The number of rotatable bonds is 2. The largest absolute Gasteiger partial charge is 0.373 e. The van der Waals surface area contributed by atoms with Crippen LogP contribution in [-0.4, -0.2) is 12.2 Å². The van der Waals surface area contributed by atoms with Gasteiger partial charge in [0.2, 0.25) is 0 Å². The molecule has 0 aromatic carbocycles. The highest BCUT2D eigenvalue weighted by atomic mass is 16.5. The van der Waals surface area contributed by atoms with Gasteiger partial charge in [-0.25, -0.2) is 0 Å². The highest BCUT2D eigenvalue weighted by Gasteiger charge is 2.52. The molecule has 0 spiro atoms. The Hall–Kier alpha value is -0.550. The molecule has 3 unspecified atom stereocenters. The Morgan fingerprint density at radius 2 is 2.31 bits per heavy atom. The zero-order chi connectivity index (χ0) is 9.47. The first-order valence-corrected chi connectivity index (χ1v) is 5.23. The molecule has 2 rings (SSSR count). The number of nitriles is 1. The predicted molar refractivity (Wildman–Crippen MR) is 50.0 cm³/mol. The van der Waals surface area contributed by atoms with E-state index >= 15 is 0 Å². The second kappa shape index (κ2) is 2.99. The Balaban J connectivity index is 2.14. The average Bonchev–Trinajstić information content (AvgIpc) is 2.62. The maximum atomic E-state index is 9.26. The summed E-state index contributed by atoms with van der Waals surface area (Å²) in [7, 11) is 0. The molecule has 0 aliphatic carbocycles. The van der Waals surface area contributed by atoms with Crippen molar-refractivity contribution >= 4 is 0 Å². The number of hydrogen-bond acceptors (Lipinski definition) is 2. The quantitative estimate of drug-likeness (QED) is 0.652. The molecular formula is C11H17NO. The summed E-state index contributed by atoms with van der Waals surface area (Å²) >= 11 is 0. The minimum atomic E-state index is -0.142. The zero-order valence-corrected chi connectivity index (χ0v) is 8.42. The second-order valence-corrected chi connectivity index (χ2v) is 4.89. The van der Waals surface area contributed by atoms with E-state index < -0.39 is 0 Å². The molecule has 0 radical (unpaired) electrons. The Morgan fingerprint density at radius 3 is 2.69 bits per heavy atom. The Kier molecular flexibility index (Phi) is 2.08. The maximum Gasteiger partial charge on any atom is 0.0862 e. The van der Waals surface area contributed by atoms with E-state index in [2.05, 4.69) is 19.9 Å². The topological polar surface area (TPSA) is 33.0 Å². The van der Waals surface area contributed by atoms with Crippen LogP contribution in [0.1, 0.15) is 39.5 Å². The van der Waals surface area contributed by atoms with Crippen molar-refractivity contribution in [2.75, 3.05) is 0 Å². The lowest BCUT2D eigenvalue weighted by Crippen LogP contribution is -2.32. The van der Waals surface area contributed by atoms with E-state index in [-0.39, 0.29) is 11.5 Å². The molecule has 2 heterocycles. The lowest BCUT2D eigenvalue weighted by molar-refractivity contribution is 0.0725. The van der Waals surface area contributed by atoms with Crippen molar-refractivity contribution in [3.8, 4) is 6.07 Å². The van der Waals surface area contributed by atoms with Gasteiger partial charge in [0.25, 0.3) is 0 Å². The van der Waals surface area contributed by atoms with E-state index in [4.69, 9.17) is 4.74 Å². The van der Waals surface area contributed by atoms with Crippen molar-refractivity contribution in [1.29, 1.82) is 5.26 Å². The molecule has 0 saturated carbocycles. The number of nitrogens with zero attached hydrogens (tertiary/aromatic N) is 1. The van der Waals surface area contributed by atoms with Crippen LogP contribution in [0, 0.1) is 22.7 Å². The Labute approximate surface area is 79.9 Å². The lowest BCUT2D eigenvalue weighted by Gasteiger charge is -2.29. The average molecular weight is 179 g/mol. The van der Waals surface area contributed by atoms with Crippen molar-refractivity contribution < 1.29 is 4.74 Å². The first-order valence-electron chi connectivity index (χ1n) is 5.23. The van der Waals surface area contributed by atoms with Gasteiger partial charge in [-0.2, -0.15) is 5.26 Å². The van der Waals surface area contributed by atoms with Crippen LogP contribution in [0.25, 0.3) is 0 Å². The normalized spacial score (nSPS) is 42.6. The summed E-state index contributed by atoms with van der Waals surface area (Å²) in [4.78, 5) is 0. The van der Waals surface area contributed by atoms with Gasteiger partial charge >= 0.3 is 0 Å². The van der Waals surface area contributed by atoms with Gasteiger partial charge in [-0.1, -0.05) is 13.8 Å². The van der Waals surface area contributed by atoms with Crippen LogP contribution in [0.15, 0.2) is 0 Å². The lowest BCUT2D eigenvalue weighted by atomic mass is 9.70. The van der Waals surface area contributed by atoms with Crippen LogP contribution in [0.4, 0.5) is 0 Å². The van der Waals surface area contributed by atoms with E-state index in [1.54, 1.807) is 0 Å². The first-order chi connectivity index (χ1) is 6.16. The molecule has 2 aliphatic rings. The van der Waals surface area contributed by atoms with E-state index in [0.717, 1.165) is 19.3 Å². The van der Waals surface area contributed by atoms with Crippen molar-refractivity contribution in [2.45, 2.75) is 51.7 Å². The van der Waals surface area contributed by atoms with Gasteiger partial charge in [0.1, 0.15) is 0 Å². The van der Waals surface area contributed by atoms with Crippen LogP contribution >= 0.6 is 0 Å².